The number of hydrogen-bond donors (Lipinski definition) is 3. The molecule has 1 saturated heterocycles. The number of hydrogen-bond acceptors (Lipinski definition) is 4. The molecule has 3 aliphatic rings. The van der Waals surface area contributed by atoms with Crippen molar-refractivity contribution in [3.8, 4) is 0 Å². The Morgan fingerprint density at radius 2 is 1.79 bits per heavy atom. The minimum absolute atomic E-state index is 0.0116. The lowest BCUT2D eigenvalue weighted by molar-refractivity contribution is -0.146. The van der Waals surface area contributed by atoms with E-state index in [4.69, 9.17) is 0 Å². The molecule has 7 atom stereocenters. The maximum absolute atomic E-state index is 14.2. The quantitative estimate of drug-likeness (QED) is 0.394. The van der Waals surface area contributed by atoms with Crippen LogP contribution < -0.4 is 5.32 Å². The normalized spacial score (nSPS) is 36.6. The predicted octanol–water partition coefficient (Wildman–Crippen LogP) is 4.85. The summed E-state index contributed by atoms with van der Waals surface area (Å²) in [6, 6.07) is 7.89. The topological polar surface area (TPSA) is 99.3 Å². The summed E-state index contributed by atoms with van der Waals surface area (Å²) in [4.78, 5) is 44.4. The highest BCUT2D eigenvalue weighted by atomic mass is 16.3. The molecule has 0 bridgehead atoms. The van der Waals surface area contributed by atoms with Gasteiger partial charge in [0.25, 0.3) is 0 Å². The monoisotopic (exact) mass is 514 g/mol. The van der Waals surface area contributed by atoms with E-state index in [1.807, 2.05) is 43.5 Å². The van der Waals surface area contributed by atoms with E-state index in [9.17, 15) is 19.5 Å². The average molecular weight is 515 g/mol. The predicted molar refractivity (Wildman–Crippen MR) is 148 cm³/mol. The third-order valence-corrected chi connectivity index (χ3v) is 9.19. The molecule has 6 heteroatoms. The maximum atomic E-state index is 14.2. The van der Waals surface area contributed by atoms with E-state index >= 15 is 0 Å². The molecule has 1 aliphatic heterocycles. The summed E-state index contributed by atoms with van der Waals surface area (Å²) < 4.78 is 0. The Morgan fingerprint density at radius 1 is 1.03 bits per heavy atom. The van der Waals surface area contributed by atoms with Crippen LogP contribution in [0.5, 0.6) is 0 Å². The number of Topliss-reactive ketones (excluding diaryl/α,β-unsaturated/α-hetero) is 2. The fraction of sp³-hybridized carbons (Fsp3) is 0.469. The van der Waals surface area contributed by atoms with Gasteiger partial charge < -0.3 is 15.4 Å². The van der Waals surface area contributed by atoms with Crippen molar-refractivity contribution in [1.82, 2.24) is 10.3 Å². The smallest absolute Gasteiger partial charge is 0.235 e. The van der Waals surface area contributed by atoms with Crippen molar-refractivity contribution in [1.29, 1.82) is 0 Å². The molecule has 2 aliphatic carbocycles. The number of aliphatic hydroxyl groups excluding tert-OH is 1. The van der Waals surface area contributed by atoms with Gasteiger partial charge in [0.15, 0.2) is 5.78 Å². The van der Waals surface area contributed by atoms with Crippen molar-refractivity contribution in [2.75, 3.05) is 0 Å². The number of nitrogens with one attached hydrogen (secondary N) is 2. The Bertz CT molecular complexity index is 1360. The number of aromatic nitrogens is 1. The number of H-pyrrole nitrogens is 1. The van der Waals surface area contributed by atoms with Crippen molar-refractivity contribution in [2.24, 2.45) is 29.1 Å². The van der Waals surface area contributed by atoms with Gasteiger partial charge in [-0.2, -0.15) is 0 Å². The lowest BCUT2D eigenvalue weighted by Gasteiger charge is -2.44. The molecule has 1 aromatic heterocycles. The minimum atomic E-state index is -1.28. The number of carbonyl (C=O) groups is 3. The zero-order valence-electron chi connectivity index (χ0n) is 22.7. The molecule has 1 unspecified atom stereocenters. The van der Waals surface area contributed by atoms with Crippen LogP contribution in [0.1, 0.15) is 52.5 Å². The van der Waals surface area contributed by atoms with E-state index in [2.05, 4.69) is 42.4 Å². The van der Waals surface area contributed by atoms with Gasteiger partial charge in [-0.05, 0) is 55.7 Å². The van der Waals surface area contributed by atoms with Crippen LogP contribution in [-0.4, -0.2) is 39.7 Å². The maximum Gasteiger partial charge on any atom is 0.235 e. The third-order valence-electron chi connectivity index (χ3n) is 9.19. The van der Waals surface area contributed by atoms with Crippen LogP contribution in [0.3, 0.4) is 0 Å². The Kier molecular flexibility index (Phi) is 7.03. The standard InChI is InChI=1S/C32H38N2O4/c1-18-8-7-9-23-15-19(2)21(4)29-26(16-22-17-33-25-11-6-5-10-24(22)25)34-31(38)32(23,29)28(36)13-12-27(35)30(37)20(3)14-18/h5-7,9-11,14-15,17-18,21,23,26,29-30,33,37H,8,12-13,16H2,1-4H3,(H,34,38)/b9-7-,20-14-/t18-,21+,23-,26?,29-,30+,32-/m0/s1. The second kappa shape index (κ2) is 10.1. The summed E-state index contributed by atoms with van der Waals surface area (Å²) in [5, 5.41) is 14.9. The SMILES string of the molecule is CC1=C[C@@H]2/C=C\C[C@H](C)/C=C(/C)[C@@H](O)C(=O)CCC(=O)[C@@]23C(=O)NC(Cc2c[nH]c4ccccc24)[C@@H]3[C@@H]1C. The number of rotatable bonds is 2. The van der Waals surface area contributed by atoms with Gasteiger partial charge in [0, 0.05) is 47.8 Å². The lowest BCUT2D eigenvalue weighted by atomic mass is 9.54. The first-order valence-corrected chi connectivity index (χ1v) is 13.8. The van der Waals surface area contributed by atoms with Gasteiger partial charge in [0.05, 0.1) is 0 Å². The van der Waals surface area contributed by atoms with Crippen LogP contribution >= 0.6 is 0 Å². The first-order chi connectivity index (χ1) is 18.1. The number of carbonyl (C=O) groups excluding carboxylic acids is 3. The molecule has 1 spiro atoms. The van der Waals surface area contributed by atoms with Crippen molar-refractivity contribution >= 4 is 28.4 Å². The highest BCUT2D eigenvalue weighted by Gasteiger charge is 2.65. The van der Waals surface area contributed by atoms with Crippen molar-refractivity contribution in [3.05, 3.63) is 71.5 Å². The number of para-hydroxylation sites is 1. The molecular formula is C32H38N2O4. The van der Waals surface area contributed by atoms with Crippen LogP contribution in [0.4, 0.5) is 0 Å². The highest BCUT2D eigenvalue weighted by Crippen LogP contribution is 2.55. The van der Waals surface area contributed by atoms with E-state index in [1.54, 1.807) is 6.92 Å². The van der Waals surface area contributed by atoms with Gasteiger partial charge in [0.2, 0.25) is 5.91 Å². The van der Waals surface area contributed by atoms with Crippen LogP contribution in [0.25, 0.3) is 10.9 Å². The number of benzene rings is 1. The summed E-state index contributed by atoms with van der Waals surface area (Å²) in [7, 11) is 0. The third kappa shape index (κ3) is 4.29. The first kappa shape index (κ1) is 26.4. The average Bonchev–Trinajstić information content (AvgIpc) is 3.43. The molecule has 1 amide bonds. The van der Waals surface area contributed by atoms with Gasteiger partial charge >= 0.3 is 0 Å². The van der Waals surface area contributed by atoms with E-state index in [1.165, 1.54) is 5.57 Å². The van der Waals surface area contributed by atoms with E-state index in [-0.39, 0.29) is 60.0 Å². The summed E-state index contributed by atoms with van der Waals surface area (Å²) in [6.07, 6.45) is 10.0. The molecule has 6 nitrogen and oxygen atoms in total. The van der Waals surface area contributed by atoms with E-state index in [0.29, 0.717) is 18.4 Å². The Labute approximate surface area is 224 Å². The number of amides is 1. The molecule has 3 N–H and O–H groups in total. The van der Waals surface area contributed by atoms with E-state index < -0.39 is 11.5 Å². The van der Waals surface area contributed by atoms with Crippen LogP contribution in [0.15, 0.2) is 65.9 Å². The number of ketones is 2. The molecule has 0 saturated carbocycles. The zero-order valence-corrected chi connectivity index (χ0v) is 22.7. The van der Waals surface area contributed by atoms with Crippen LogP contribution in [-0.2, 0) is 20.8 Å². The second-order valence-electron chi connectivity index (χ2n) is 11.6. The second-order valence-corrected chi connectivity index (χ2v) is 11.6. The van der Waals surface area contributed by atoms with Gasteiger partial charge in [-0.3, -0.25) is 14.4 Å². The molecule has 200 valence electrons. The summed E-state index contributed by atoms with van der Waals surface area (Å²) >= 11 is 0. The largest absolute Gasteiger partial charge is 0.381 e. The van der Waals surface area contributed by atoms with Gasteiger partial charge in [-0.25, -0.2) is 0 Å². The van der Waals surface area contributed by atoms with Crippen LogP contribution in [0, 0.1) is 29.1 Å². The van der Waals surface area contributed by atoms with Crippen molar-refractivity contribution in [2.45, 2.75) is 65.5 Å². The fourth-order valence-electron chi connectivity index (χ4n) is 7.12. The molecule has 1 aromatic carbocycles. The minimum Gasteiger partial charge on any atom is -0.381 e. The zero-order chi connectivity index (χ0) is 27.2. The molecule has 38 heavy (non-hydrogen) atoms. The Balaban J connectivity index is 1.58. The Morgan fingerprint density at radius 3 is 2.58 bits per heavy atom. The molecule has 2 aromatic rings. The summed E-state index contributed by atoms with van der Waals surface area (Å²) in [5.41, 5.74) is 2.66. The Hall–Kier alpha value is -3.25. The van der Waals surface area contributed by atoms with Gasteiger partial charge in [-0.15, -0.1) is 0 Å². The van der Waals surface area contributed by atoms with Gasteiger partial charge in [-0.1, -0.05) is 61.9 Å². The molecular weight excluding hydrogens is 476 g/mol. The molecule has 2 heterocycles. The summed E-state index contributed by atoms with van der Waals surface area (Å²) in [5.74, 6) is -1.34. The molecule has 1 fully saturated rings. The van der Waals surface area contributed by atoms with Crippen molar-refractivity contribution in [3.63, 3.8) is 0 Å². The number of aromatic amines is 1. The van der Waals surface area contributed by atoms with Crippen LogP contribution in [0.2, 0.25) is 0 Å². The number of aliphatic hydroxyl groups is 1. The lowest BCUT2D eigenvalue weighted by Crippen LogP contribution is -2.52. The van der Waals surface area contributed by atoms with Gasteiger partial charge in [0.1, 0.15) is 17.3 Å². The first-order valence-electron chi connectivity index (χ1n) is 13.8. The fourth-order valence-corrected chi connectivity index (χ4v) is 7.12. The number of allylic oxidation sites excluding steroid dienone is 5. The summed E-state index contributed by atoms with van der Waals surface area (Å²) in [6.45, 7) is 8.00. The van der Waals surface area contributed by atoms with E-state index in [0.717, 1.165) is 16.5 Å². The molecule has 5 rings (SSSR count). The molecule has 0 radical (unpaired) electrons. The number of fused-ring (bicyclic) bond motifs is 1. The van der Waals surface area contributed by atoms with Crippen molar-refractivity contribution < 1.29 is 19.5 Å². The highest BCUT2D eigenvalue weighted by molar-refractivity contribution is 6.10.